The average Bonchev–Trinajstić information content (AvgIpc) is 3.58. The first kappa shape index (κ1) is 27.5. The zero-order valence-electron chi connectivity index (χ0n) is 22.7. The van der Waals surface area contributed by atoms with Crippen LogP contribution in [-0.4, -0.2) is 51.4 Å². The average molecular weight is 585 g/mol. The van der Waals surface area contributed by atoms with Gasteiger partial charge in [0.25, 0.3) is 6.43 Å². The number of aryl methyl sites for hydroxylation is 1. The lowest BCUT2D eigenvalue weighted by Crippen LogP contribution is -2.21. The molecule has 0 spiro atoms. The van der Waals surface area contributed by atoms with E-state index in [0.29, 0.717) is 30.0 Å². The number of benzene rings is 1. The molecule has 1 saturated heterocycles. The Hall–Kier alpha value is -3.71. The van der Waals surface area contributed by atoms with Gasteiger partial charge in [-0.1, -0.05) is 6.07 Å². The lowest BCUT2D eigenvalue weighted by atomic mass is 10.1. The number of alkyl halides is 2. The molecule has 0 radical (unpaired) electrons. The number of Topliss-reactive ketones (excluding diaryl/α,β-unsaturated/α-hetero) is 1. The SMILES string of the molecule is Cn1ccc(-c2ccc(Nc3cc(CC(=O)C4CC4)nc4c3nc(C(F)F)n4C3CCCCO3)c(S(C)(=O)=O)c2)n1. The minimum atomic E-state index is -3.73. The number of pyridine rings is 1. The minimum Gasteiger partial charge on any atom is -0.358 e. The molecule has 216 valence electrons. The number of carbonyl (C=O) groups excluding carboxylic acids is 1. The first-order valence-corrected chi connectivity index (χ1v) is 15.4. The molecule has 1 aliphatic heterocycles. The molecule has 1 aliphatic carbocycles. The second-order valence-electron chi connectivity index (χ2n) is 10.7. The highest BCUT2D eigenvalue weighted by Gasteiger charge is 2.32. The first-order valence-electron chi connectivity index (χ1n) is 13.5. The molecule has 4 heterocycles. The highest BCUT2D eigenvalue weighted by Crippen LogP contribution is 2.38. The van der Waals surface area contributed by atoms with Crippen molar-refractivity contribution in [1.82, 2.24) is 24.3 Å². The summed E-state index contributed by atoms with van der Waals surface area (Å²) in [5.74, 6) is -0.460. The van der Waals surface area contributed by atoms with E-state index in [2.05, 4.69) is 20.4 Å². The van der Waals surface area contributed by atoms with Gasteiger partial charge in [0.1, 0.15) is 17.5 Å². The van der Waals surface area contributed by atoms with Crippen LogP contribution in [0.2, 0.25) is 0 Å². The molecule has 10 nitrogen and oxygen atoms in total. The van der Waals surface area contributed by atoms with Crippen LogP contribution >= 0.6 is 0 Å². The Bertz CT molecular complexity index is 1740. The lowest BCUT2D eigenvalue weighted by molar-refractivity contribution is -0.119. The van der Waals surface area contributed by atoms with Gasteiger partial charge in [-0.25, -0.2) is 27.2 Å². The summed E-state index contributed by atoms with van der Waals surface area (Å²) in [6.07, 6.45) is 3.14. The van der Waals surface area contributed by atoms with Crippen LogP contribution in [0.4, 0.5) is 20.2 Å². The number of fused-ring (bicyclic) bond motifs is 1. The fraction of sp³-hybridized carbons (Fsp3) is 0.429. The first-order chi connectivity index (χ1) is 19.6. The van der Waals surface area contributed by atoms with Crippen molar-refractivity contribution in [3.63, 3.8) is 0 Å². The van der Waals surface area contributed by atoms with Gasteiger partial charge in [0, 0.05) is 44.0 Å². The zero-order chi connectivity index (χ0) is 28.9. The number of ketones is 1. The second kappa shape index (κ2) is 10.6. The molecule has 0 amide bonds. The highest BCUT2D eigenvalue weighted by atomic mass is 32.2. The van der Waals surface area contributed by atoms with Crippen LogP contribution in [0.1, 0.15) is 56.3 Å². The monoisotopic (exact) mass is 584 g/mol. The topological polar surface area (TPSA) is 121 Å². The van der Waals surface area contributed by atoms with Gasteiger partial charge in [-0.05, 0) is 56.4 Å². The van der Waals surface area contributed by atoms with Crippen molar-refractivity contribution in [3.8, 4) is 11.3 Å². The maximum absolute atomic E-state index is 14.3. The molecule has 3 aromatic heterocycles. The Morgan fingerprint density at radius 2 is 1.93 bits per heavy atom. The Morgan fingerprint density at radius 3 is 2.56 bits per heavy atom. The number of carbonyl (C=O) groups is 1. The summed E-state index contributed by atoms with van der Waals surface area (Å²) in [5, 5.41) is 7.49. The molecule has 1 unspecified atom stereocenters. The number of nitrogens with one attached hydrogen (secondary N) is 1. The molecule has 1 N–H and O–H groups in total. The van der Waals surface area contributed by atoms with Crippen molar-refractivity contribution in [1.29, 1.82) is 0 Å². The number of rotatable bonds is 9. The Morgan fingerprint density at radius 1 is 1.12 bits per heavy atom. The molecular formula is C28H30F2N6O4S. The third kappa shape index (κ3) is 5.60. The highest BCUT2D eigenvalue weighted by molar-refractivity contribution is 7.90. The Labute approximate surface area is 235 Å². The number of hydrogen-bond donors (Lipinski definition) is 1. The maximum Gasteiger partial charge on any atom is 0.295 e. The quantitative estimate of drug-likeness (QED) is 0.287. The number of nitrogens with zero attached hydrogens (tertiary/aromatic N) is 5. The zero-order valence-corrected chi connectivity index (χ0v) is 23.5. The fourth-order valence-electron chi connectivity index (χ4n) is 5.22. The number of imidazole rings is 1. The molecule has 1 saturated carbocycles. The molecule has 0 bridgehead atoms. The molecule has 41 heavy (non-hydrogen) atoms. The van der Waals surface area contributed by atoms with E-state index in [4.69, 9.17) is 4.74 Å². The molecule has 13 heteroatoms. The lowest BCUT2D eigenvalue weighted by Gasteiger charge is -2.25. The third-order valence-corrected chi connectivity index (χ3v) is 8.55. The number of aromatic nitrogens is 5. The Balaban J connectivity index is 1.50. The van der Waals surface area contributed by atoms with E-state index in [1.807, 2.05) is 0 Å². The number of halogens is 2. The van der Waals surface area contributed by atoms with Crippen molar-refractivity contribution in [3.05, 3.63) is 48.0 Å². The fourth-order valence-corrected chi connectivity index (χ4v) is 6.08. The number of sulfone groups is 1. The van der Waals surface area contributed by atoms with Gasteiger partial charge in [0.15, 0.2) is 21.3 Å². The van der Waals surface area contributed by atoms with Crippen LogP contribution in [0.3, 0.4) is 0 Å². The minimum absolute atomic E-state index is 0.00496. The molecule has 2 fully saturated rings. The van der Waals surface area contributed by atoms with E-state index in [9.17, 15) is 22.0 Å². The summed E-state index contributed by atoms with van der Waals surface area (Å²) in [6.45, 7) is 0.429. The predicted molar refractivity (Wildman–Crippen MR) is 148 cm³/mol. The van der Waals surface area contributed by atoms with E-state index in [0.717, 1.165) is 31.9 Å². The van der Waals surface area contributed by atoms with Gasteiger partial charge in [0.05, 0.1) is 27.7 Å². The van der Waals surface area contributed by atoms with Gasteiger partial charge in [-0.3, -0.25) is 14.0 Å². The standard InChI is InChI=1S/C28H30F2N6O4S/c1-35-11-10-19(34-35)17-8-9-20(23(13-17)41(2,38)39)32-21-14-18(15-22(37)16-6-7-16)31-27-25(21)33-28(26(29)30)36(27)24-5-3-4-12-40-24/h8-11,13-14,16,24,26H,3-7,12,15H2,1-2H3,(H,31,32). The van der Waals surface area contributed by atoms with E-state index in [-0.39, 0.29) is 45.6 Å². The van der Waals surface area contributed by atoms with E-state index >= 15 is 0 Å². The van der Waals surface area contributed by atoms with Gasteiger partial charge in [0.2, 0.25) is 0 Å². The van der Waals surface area contributed by atoms with Crippen LogP contribution in [0, 0.1) is 5.92 Å². The van der Waals surface area contributed by atoms with E-state index < -0.39 is 28.3 Å². The van der Waals surface area contributed by atoms with Crippen molar-refractivity contribution < 1.29 is 26.7 Å². The largest absolute Gasteiger partial charge is 0.358 e. The van der Waals surface area contributed by atoms with E-state index in [1.165, 1.54) is 10.6 Å². The smallest absolute Gasteiger partial charge is 0.295 e. The van der Waals surface area contributed by atoms with Crippen molar-refractivity contribution in [2.75, 3.05) is 18.2 Å². The number of hydrogen-bond acceptors (Lipinski definition) is 8. The summed E-state index contributed by atoms with van der Waals surface area (Å²) in [4.78, 5) is 21.6. The second-order valence-corrected chi connectivity index (χ2v) is 12.7. The van der Waals surface area contributed by atoms with Crippen LogP contribution in [0.15, 0.2) is 41.4 Å². The van der Waals surface area contributed by atoms with Gasteiger partial charge < -0.3 is 10.1 Å². The molecular weight excluding hydrogens is 554 g/mol. The molecule has 4 aromatic rings. The van der Waals surface area contributed by atoms with Crippen molar-refractivity contribution in [2.45, 2.75) is 56.1 Å². The van der Waals surface area contributed by atoms with Crippen molar-refractivity contribution >= 4 is 38.2 Å². The van der Waals surface area contributed by atoms with Gasteiger partial charge in [-0.2, -0.15) is 5.10 Å². The third-order valence-electron chi connectivity index (χ3n) is 7.42. The number of anilines is 2. The molecule has 1 atom stereocenters. The van der Waals surface area contributed by atoms with Crippen LogP contribution in [0.5, 0.6) is 0 Å². The van der Waals surface area contributed by atoms with Crippen molar-refractivity contribution in [2.24, 2.45) is 13.0 Å². The summed E-state index contributed by atoms with van der Waals surface area (Å²) in [5.41, 5.74) is 2.42. The number of ether oxygens (including phenoxy) is 1. The Kier molecular flexibility index (Phi) is 7.10. The summed E-state index contributed by atoms with van der Waals surface area (Å²) >= 11 is 0. The molecule has 2 aliphatic rings. The summed E-state index contributed by atoms with van der Waals surface area (Å²) in [6, 6.07) is 8.23. The van der Waals surface area contributed by atoms with Crippen LogP contribution in [0.25, 0.3) is 22.4 Å². The molecule has 1 aromatic carbocycles. The molecule has 6 rings (SSSR count). The summed E-state index contributed by atoms with van der Waals surface area (Å²) in [7, 11) is -1.96. The van der Waals surface area contributed by atoms with E-state index in [1.54, 1.807) is 42.2 Å². The van der Waals surface area contributed by atoms with Crippen LogP contribution in [-0.2, 0) is 32.8 Å². The van der Waals surface area contributed by atoms with Gasteiger partial charge >= 0.3 is 0 Å². The predicted octanol–water partition coefficient (Wildman–Crippen LogP) is 5.14. The van der Waals surface area contributed by atoms with Crippen LogP contribution < -0.4 is 5.32 Å². The van der Waals surface area contributed by atoms with Gasteiger partial charge in [-0.15, -0.1) is 0 Å². The summed E-state index contributed by atoms with van der Waals surface area (Å²) < 4.78 is 63.2. The normalized spacial score (nSPS) is 17.8. The maximum atomic E-state index is 14.3.